The Labute approximate surface area is 105 Å². The largest absolute Gasteiger partial charge is 0.481 e. The van der Waals surface area contributed by atoms with Gasteiger partial charge in [-0.3, -0.25) is 4.79 Å². The lowest BCUT2D eigenvalue weighted by atomic mass is 10.1. The summed E-state index contributed by atoms with van der Waals surface area (Å²) >= 11 is 0. The summed E-state index contributed by atoms with van der Waals surface area (Å²) in [7, 11) is 1.56. The van der Waals surface area contributed by atoms with Gasteiger partial charge in [-0.25, -0.2) is 9.97 Å². The van der Waals surface area contributed by atoms with Crippen LogP contribution in [0.25, 0.3) is 11.4 Å². The molecule has 94 valence electrons. The van der Waals surface area contributed by atoms with Gasteiger partial charge < -0.3 is 9.72 Å². The lowest BCUT2D eigenvalue weighted by molar-refractivity contribution is 0.398. The highest BCUT2D eigenvalue weighted by atomic mass is 16.5. The van der Waals surface area contributed by atoms with Crippen molar-refractivity contribution in [2.24, 2.45) is 0 Å². The zero-order valence-electron chi connectivity index (χ0n) is 10.6. The maximum Gasteiger partial charge on any atom is 0.251 e. The maximum atomic E-state index is 11.6. The third kappa shape index (κ3) is 2.56. The summed E-state index contributed by atoms with van der Waals surface area (Å²) in [6.45, 7) is 4.00. The Morgan fingerprint density at radius 3 is 2.67 bits per heavy atom. The smallest absolute Gasteiger partial charge is 0.251 e. The van der Waals surface area contributed by atoms with E-state index in [1.807, 2.05) is 19.9 Å². The minimum Gasteiger partial charge on any atom is -0.481 e. The summed E-state index contributed by atoms with van der Waals surface area (Å²) in [6.07, 6.45) is 1.63. The average molecular weight is 245 g/mol. The molecular weight excluding hydrogens is 230 g/mol. The second kappa shape index (κ2) is 5.00. The molecule has 0 saturated heterocycles. The van der Waals surface area contributed by atoms with Gasteiger partial charge in [-0.1, -0.05) is 13.8 Å². The van der Waals surface area contributed by atoms with Crippen LogP contribution in [0.15, 0.2) is 29.2 Å². The lowest BCUT2D eigenvalue weighted by Gasteiger charge is -2.07. The zero-order chi connectivity index (χ0) is 13.1. The first-order chi connectivity index (χ1) is 8.60. The van der Waals surface area contributed by atoms with E-state index in [0.717, 1.165) is 11.3 Å². The Morgan fingerprint density at radius 2 is 2.11 bits per heavy atom. The van der Waals surface area contributed by atoms with Crippen molar-refractivity contribution in [1.29, 1.82) is 0 Å². The third-order valence-corrected chi connectivity index (χ3v) is 2.57. The molecule has 0 fully saturated rings. The lowest BCUT2D eigenvalue weighted by Crippen LogP contribution is -2.11. The number of aromatic nitrogens is 3. The number of methoxy groups -OCH3 is 1. The molecule has 0 unspecified atom stereocenters. The number of aromatic amines is 1. The number of nitrogens with zero attached hydrogens (tertiary/aromatic N) is 2. The van der Waals surface area contributed by atoms with E-state index in [-0.39, 0.29) is 11.5 Å². The summed E-state index contributed by atoms with van der Waals surface area (Å²) in [5.74, 6) is 1.26. The van der Waals surface area contributed by atoms with E-state index in [2.05, 4.69) is 15.0 Å². The van der Waals surface area contributed by atoms with Crippen LogP contribution in [-0.4, -0.2) is 22.1 Å². The predicted octanol–water partition coefficient (Wildman–Crippen LogP) is 1.96. The third-order valence-electron chi connectivity index (χ3n) is 2.57. The van der Waals surface area contributed by atoms with Gasteiger partial charge >= 0.3 is 0 Å². The number of hydrogen-bond donors (Lipinski definition) is 1. The molecule has 2 aromatic heterocycles. The molecule has 2 aromatic rings. The Kier molecular flexibility index (Phi) is 3.41. The zero-order valence-corrected chi connectivity index (χ0v) is 10.6. The van der Waals surface area contributed by atoms with Gasteiger partial charge in [0.2, 0.25) is 5.88 Å². The molecule has 0 aliphatic heterocycles. The predicted molar refractivity (Wildman–Crippen MR) is 68.7 cm³/mol. The van der Waals surface area contributed by atoms with Crippen molar-refractivity contribution in [1.82, 2.24) is 15.0 Å². The van der Waals surface area contributed by atoms with E-state index >= 15 is 0 Å². The molecule has 0 aliphatic carbocycles. The normalized spacial score (nSPS) is 10.7. The number of rotatable bonds is 3. The summed E-state index contributed by atoms with van der Waals surface area (Å²) in [6, 6.07) is 5.07. The fourth-order valence-electron chi connectivity index (χ4n) is 1.55. The summed E-state index contributed by atoms with van der Waals surface area (Å²) in [5, 5.41) is 0. The van der Waals surface area contributed by atoms with Crippen LogP contribution in [0.3, 0.4) is 0 Å². The minimum atomic E-state index is -0.153. The highest BCUT2D eigenvalue weighted by molar-refractivity contribution is 5.53. The Balaban J connectivity index is 2.46. The number of hydrogen-bond acceptors (Lipinski definition) is 4. The van der Waals surface area contributed by atoms with E-state index in [4.69, 9.17) is 4.74 Å². The fraction of sp³-hybridized carbons (Fsp3) is 0.308. The van der Waals surface area contributed by atoms with Gasteiger partial charge in [-0.15, -0.1) is 0 Å². The molecule has 0 atom stereocenters. The Bertz CT molecular complexity index is 588. The highest BCUT2D eigenvalue weighted by Crippen LogP contribution is 2.17. The van der Waals surface area contributed by atoms with Crippen LogP contribution < -0.4 is 10.3 Å². The van der Waals surface area contributed by atoms with Gasteiger partial charge in [0.05, 0.1) is 12.8 Å². The number of pyridine rings is 1. The first-order valence-electron chi connectivity index (χ1n) is 5.72. The molecule has 0 saturated carbocycles. The molecule has 0 aromatic carbocycles. The molecule has 2 heterocycles. The molecular formula is C13H15N3O2. The molecule has 18 heavy (non-hydrogen) atoms. The maximum absolute atomic E-state index is 11.6. The SMILES string of the molecule is COc1ccc(-c2nc(C(C)C)cc(=O)[nH]2)cn1. The Morgan fingerprint density at radius 1 is 1.33 bits per heavy atom. The standard InChI is InChI=1S/C13H15N3O2/c1-8(2)10-6-11(17)16-13(15-10)9-4-5-12(18-3)14-7-9/h4-8H,1-3H3,(H,15,16,17). The van der Waals surface area contributed by atoms with Crippen LogP contribution in [-0.2, 0) is 0 Å². The summed E-state index contributed by atoms with van der Waals surface area (Å²) in [4.78, 5) is 22.8. The second-order valence-corrected chi connectivity index (χ2v) is 4.26. The van der Waals surface area contributed by atoms with Crippen LogP contribution in [0.1, 0.15) is 25.5 Å². The first kappa shape index (κ1) is 12.3. The van der Waals surface area contributed by atoms with E-state index in [1.165, 1.54) is 6.07 Å². The van der Waals surface area contributed by atoms with Crippen molar-refractivity contribution in [3.8, 4) is 17.3 Å². The molecule has 0 spiro atoms. The summed E-state index contributed by atoms with van der Waals surface area (Å²) < 4.78 is 4.99. The van der Waals surface area contributed by atoms with Gasteiger partial charge in [-0.05, 0) is 12.0 Å². The van der Waals surface area contributed by atoms with Crippen molar-refractivity contribution in [2.45, 2.75) is 19.8 Å². The molecule has 1 N–H and O–H groups in total. The van der Waals surface area contributed by atoms with Crippen LogP contribution in [0.4, 0.5) is 0 Å². The van der Waals surface area contributed by atoms with E-state index < -0.39 is 0 Å². The van der Waals surface area contributed by atoms with Gasteiger partial charge in [0.1, 0.15) is 5.82 Å². The van der Waals surface area contributed by atoms with Crippen molar-refractivity contribution in [3.05, 3.63) is 40.4 Å². The monoisotopic (exact) mass is 245 g/mol. The molecule has 0 aliphatic rings. The topological polar surface area (TPSA) is 67.9 Å². The van der Waals surface area contributed by atoms with Gasteiger partial charge in [0, 0.05) is 23.9 Å². The van der Waals surface area contributed by atoms with Crippen molar-refractivity contribution < 1.29 is 4.74 Å². The van der Waals surface area contributed by atoms with Crippen LogP contribution in [0.2, 0.25) is 0 Å². The van der Waals surface area contributed by atoms with Crippen molar-refractivity contribution >= 4 is 0 Å². The van der Waals surface area contributed by atoms with Crippen molar-refractivity contribution in [3.63, 3.8) is 0 Å². The fourth-order valence-corrected chi connectivity index (χ4v) is 1.55. The molecule has 5 nitrogen and oxygen atoms in total. The van der Waals surface area contributed by atoms with Crippen molar-refractivity contribution in [2.75, 3.05) is 7.11 Å². The quantitative estimate of drug-likeness (QED) is 0.897. The first-order valence-corrected chi connectivity index (χ1v) is 5.72. The second-order valence-electron chi connectivity index (χ2n) is 4.26. The molecule has 0 radical (unpaired) electrons. The molecule has 0 bridgehead atoms. The highest BCUT2D eigenvalue weighted by Gasteiger charge is 2.07. The number of nitrogens with one attached hydrogen (secondary N) is 1. The van der Waals surface area contributed by atoms with Gasteiger partial charge in [0.25, 0.3) is 5.56 Å². The van der Waals surface area contributed by atoms with E-state index in [0.29, 0.717) is 11.7 Å². The average Bonchev–Trinajstić information content (AvgIpc) is 2.38. The molecule has 2 rings (SSSR count). The van der Waals surface area contributed by atoms with Crippen LogP contribution in [0, 0.1) is 0 Å². The number of H-pyrrole nitrogens is 1. The van der Waals surface area contributed by atoms with E-state index in [9.17, 15) is 4.79 Å². The van der Waals surface area contributed by atoms with Gasteiger partial charge in [-0.2, -0.15) is 0 Å². The van der Waals surface area contributed by atoms with E-state index in [1.54, 1.807) is 19.4 Å². The van der Waals surface area contributed by atoms with Gasteiger partial charge in [0.15, 0.2) is 0 Å². The van der Waals surface area contributed by atoms with Crippen LogP contribution in [0.5, 0.6) is 5.88 Å². The minimum absolute atomic E-state index is 0.153. The molecule has 0 amide bonds. The Hall–Kier alpha value is -2.17. The summed E-state index contributed by atoms with van der Waals surface area (Å²) in [5.41, 5.74) is 1.37. The molecule has 5 heteroatoms. The van der Waals surface area contributed by atoms with Crippen LogP contribution >= 0.6 is 0 Å². The number of ether oxygens (including phenoxy) is 1.